The molecule has 74 heavy (non-hydrogen) atoms. The van der Waals surface area contributed by atoms with Gasteiger partial charge in [-0.1, -0.05) is 193 Å². The summed E-state index contributed by atoms with van der Waals surface area (Å²) in [6.45, 7) is 34.4. The molecule has 0 aliphatic carbocycles. The van der Waals surface area contributed by atoms with Crippen molar-refractivity contribution >= 4 is 55.9 Å². The molecule has 0 radical (unpaired) electrons. The largest absolute Gasteiger partial charge is 0.493 e. The second-order valence-corrected chi connectivity index (χ2v) is 25.0. The molecule has 1 aliphatic heterocycles. The summed E-state index contributed by atoms with van der Waals surface area (Å²) in [7, 11) is 2.12. The predicted octanol–water partition coefficient (Wildman–Crippen LogP) is 18.1. The van der Waals surface area contributed by atoms with E-state index in [0.29, 0.717) is 0 Å². The van der Waals surface area contributed by atoms with E-state index in [1.807, 2.05) is 6.20 Å². The van der Waals surface area contributed by atoms with Crippen molar-refractivity contribution in [1.29, 1.82) is 0 Å². The zero-order valence-electron chi connectivity index (χ0n) is 46.1. The Balaban J connectivity index is 0.00000672. The van der Waals surface area contributed by atoms with Crippen LogP contribution in [-0.2, 0) is 48.1 Å². The van der Waals surface area contributed by atoms with E-state index in [1.54, 1.807) is 0 Å². The van der Waals surface area contributed by atoms with Gasteiger partial charge in [0.25, 0.3) is 0 Å². The number of pyridine rings is 1. The third-order valence-corrected chi connectivity index (χ3v) is 15.2. The summed E-state index contributed by atoms with van der Waals surface area (Å²) in [6.07, 6.45) is 1.96. The van der Waals surface area contributed by atoms with Crippen molar-refractivity contribution in [2.45, 2.75) is 124 Å². The summed E-state index contributed by atoms with van der Waals surface area (Å²) in [5.74, 6) is 0.860. The van der Waals surface area contributed by atoms with E-state index >= 15 is 0 Å². The van der Waals surface area contributed by atoms with Gasteiger partial charge in [-0.25, -0.2) is 4.98 Å². The molecule has 0 bridgehead atoms. The first-order chi connectivity index (χ1) is 34.4. The van der Waals surface area contributed by atoms with Crippen molar-refractivity contribution in [3.8, 4) is 16.9 Å². The fraction of sp³-hybridized carbons (Fsp3) is 0.294. The Kier molecular flexibility index (Phi) is 13.5. The summed E-state index contributed by atoms with van der Waals surface area (Å²) >= 11 is 0. The van der Waals surface area contributed by atoms with E-state index in [9.17, 15) is 0 Å². The van der Waals surface area contributed by atoms with Crippen LogP contribution >= 0.6 is 0 Å². The van der Waals surface area contributed by atoms with Crippen molar-refractivity contribution in [2.24, 2.45) is 0 Å². The van der Waals surface area contributed by atoms with Gasteiger partial charge in [-0.15, -0.1) is 48.1 Å². The van der Waals surface area contributed by atoms with Crippen LogP contribution in [0.15, 0.2) is 158 Å². The van der Waals surface area contributed by atoms with Gasteiger partial charge < -0.3 is 19.3 Å². The number of fused-ring (bicyclic) bond motifs is 4. The Morgan fingerprint density at radius 1 is 0.459 bits per heavy atom. The van der Waals surface area contributed by atoms with E-state index in [2.05, 4.69) is 294 Å². The van der Waals surface area contributed by atoms with Crippen LogP contribution in [0.3, 0.4) is 0 Å². The van der Waals surface area contributed by atoms with Gasteiger partial charge in [-0.2, -0.15) is 12.1 Å². The monoisotopic (exact) mass is 1150 g/mol. The minimum atomic E-state index is -0.250. The molecule has 0 amide bonds. The molecule has 6 heteroatoms. The third kappa shape index (κ3) is 9.86. The first kappa shape index (κ1) is 52.4. The Labute approximate surface area is 456 Å². The van der Waals surface area contributed by atoms with E-state index in [-0.39, 0.29) is 48.1 Å². The molecule has 0 unspecified atom stereocenters. The fourth-order valence-electron chi connectivity index (χ4n) is 10.2. The number of benzene rings is 7. The van der Waals surface area contributed by atoms with Gasteiger partial charge in [-0.3, -0.25) is 0 Å². The number of rotatable bonds is 8. The third-order valence-electron chi connectivity index (χ3n) is 15.2. The van der Waals surface area contributed by atoms with E-state index in [0.717, 1.165) is 61.7 Å². The van der Waals surface area contributed by atoms with Gasteiger partial charge in [0.1, 0.15) is 5.82 Å². The first-order valence-electron chi connectivity index (χ1n) is 26.0. The molecule has 3 heterocycles. The van der Waals surface area contributed by atoms with Crippen LogP contribution in [0.1, 0.15) is 130 Å². The topological polar surface area (TPSA) is 27.5 Å². The number of hydrogen-bond donors (Lipinski definition) is 0. The Bertz CT molecular complexity index is 3470. The first-order valence-corrected chi connectivity index (χ1v) is 26.0. The van der Waals surface area contributed by atoms with E-state index in [4.69, 9.17) is 4.98 Å². The number of aromatic nitrogens is 2. The van der Waals surface area contributed by atoms with Crippen molar-refractivity contribution in [1.82, 2.24) is 9.55 Å². The molecule has 9 aromatic rings. The van der Waals surface area contributed by atoms with Crippen LogP contribution in [0.25, 0.3) is 38.8 Å². The zero-order chi connectivity index (χ0) is 52.0. The standard InChI is InChI=1S/C68H72N5.Pt/c1-64(2,3)49-34-46(35-50(37-49)65(4,5)6)45-28-31-59-58(36-45)57-30-29-54(43-62(57)73(59)63-41-48(32-33-69-63)68(13,14)47-22-17-16-18-23-47)70(15)53-24-21-25-55(42-53)71-44-72(61-27-20-19-26-60(61)71)56-39-51(66(7,8)9)38-52(40-56)67(10,11)12;/h16-41,44H,1-15H3;/q-3;. The van der Waals surface area contributed by atoms with Gasteiger partial charge in [0.2, 0.25) is 0 Å². The minimum absolute atomic E-state index is 0. The fourth-order valence-corrected chi connectivity index (χ4v) is 10.2. The number of anilines is 6. The molecule has 2 aromatic heterocycles. The summed E-state index contributed by atoms with van der Waals surface area (Å²) in [6, 6.07) is 63.8. The molecule has 10 rings (SSSR count). The predicted molar refractivity (Wildman–Crippen MR) is 311 cm³/mol. The molecular weight excluding hydrogens is 1080 g/mol. The van der Waals surface area contributed by atoms with Crippen LogP contribution in [-0.4, -0.2) is 16.6 Å². The van der Waals surface area contributed by atoms with E-state index in [1.165, 1.54) is 44.5 Å². The van der Waals surface area contributed by atoms with Crippen molar-refractivity contribution in [3.63, 3.8) is 0 Å². The summed E-state index contributed by atoms with van der Waals surface area (Å²) in [4.78, 5) is 11.9. The number of nitrogens with zero attached hydrogens (tertiary/aromatic N) is 5. The molecule has 1 aliphatic rings. The average Bonchev–Trinajstić information content (AvgIpc) is 3.91. The second kappa shape index (κ2) is 19.1. The van der Waals surface area contributed by atoms with Gasteiger partial charge in [0.05, 0.1) is 0 Å². The maximum absolute atomic E-state index is 5.13. The summed E-state index contributed by atoms with van der Waals surface area (Å²) in [5.41, 5.74) is 18.2. The molecule has 0 fully saturated rings. The molecule has 0 saturated carbocycles. The smallest absolute Gasteiger partial charge is 0.135 e. The van der Waals surface area contributed by atoms with Crippen LogP contribution in [0.5, 0.6) is 0 Å². The molecule has 7 aromatic carbocycles. The van der Waals surface area contributed by atoms with E-state index < -0.39 is 0 Å². The summed E-state index contributed by atoms with van der Waals surface area (Å²) < 4.78 is 2.31. The van der Waals surface area contributed by atoms with Crippen molar-refractivity contribution < 1.29 is 21.1 Å². The van der Waals surface area contributed by atoms with Crippen LogP contribution in [0.2, 0.25) is 0 Å². The minimum Gasteiger partial charge on any atom is -0.493 e. The normalized spacial score (nSPS) is 13.4. The van der Waals surface area contributed by atoms with Crippen LogP contribution in [0, 0.1) is 18.8 Å². The molecule has 382 valence electrons. The van der Waals surface area contributed by atoms with Crippen molar-refractivity contribution in [3.05, 3.63) is 210 Å². The Morgan fingerprint density at radius 2 is 1.03 bits per heavy atom. The van der Waals surface area contributed by atoms with Crippen LogP contribution < -0.4 is 14.7 Å². The second-order valence-electron chi connectivity index (χ2n) is 25.0. The Hall–Kier alpha value is -6.42. The molecule has 0 saturated heterocycles. The summed E-state index contributed by atoms with van der Waals surface area (Å²) in [5, 5.41) is 2.28. The number of hydrogen-bond acceptors (Lipinski definition) is 4. The van der Waals surface area contributed by atoms with Crippen LogP contribution in [0.4, 0.5) is 34.1 Å². The van der Waals surface area contributed by atoms with Gasteiger partial charge in [0, 0.05) is 62.3 Å². The van der Waals surface area contributed by atoms with Gasteiger partial charge in [-0.05, 0) is 114 Å². The number of para-hydroxylation sites is 2. The maximum atomic E-state index is 5.13. The average molecular weight is 1150 g/mol. The SMILES string of the molecule is CN(c1[c-]c(N2[CH-]N(c3cc(C(C)(C)C)cc(C(C)(C)C)c3)c3ccccc32)ccc1)c1[c-]c2c(cc1)c1cc(-c3cc(C(C)(C)C)cc(C(C)(C)C)c3)ccc1n2-c1cc(C(C)(C)c2ccccc2)ccn1.[Pt]. The molecule has 0 spiro atoms. The molecular formula is C68H72N5Pt-3. The molecule has 5 nitrogen and oxygen atoms in total. The van der Waals surface area contributed by atoms with Crippen molar-refractivity contribution in [2.75, 3.05) is 21.7 Å². The van der Waals surface area contributed by atoms with Gasteiger partial charge >= 0.3 is 0 Å². The molecule has 0 N–H and O–H groups in total. The molecule has 0 atom stereocenters. The zero-order valence-corrected chi connectivity index (χ0v) is 48.4. The maximum Gasteiger partial charge on any atom is 0.135 e. The Morgan fingerprint density at radius 3 is 1.64 bits per heavy atom. The quantitative estimate of drug-likeness (QED) is 0.142. The van der Waals surface area contributed by atoms with Gasteiger partial charge in [0.15, 0.2) is 0 Å².